The molecule has 0 fully saturated rings. The lowest BCUT2D eigenvalue weighted by Crippen LogP contribution is -1.98. The van der Waals surface area contributed by atoms with Crippen LogP contribution in [0.15, 0.2) is 28.7 Å². The molecule has 0 aliphatic rings. The molecular formula is C12H9BrCl2N2O. The van der Waals surface area contributed by atoms with Crippen LogP contribution in [-0.2, 0) is 6.42 Å². The molecule has 0 atom stereocenters. The van der Waals surface area contributed by atoms with Crippen molar-refractivity contribution in [2.24, 2.45) is 0 Å². The third kappa shape index (κ3) is 3.13. The lowest BCUT2D eigenvalue weighted by atomic mass is 10.1. The number of rotatable bonds is 3. The lowest BCUT2D eigenvalue weighted by Gasteiger charge is -2.05. The van der Waals surface area contributed by atoms with E-state index in [0.717, 1.165) is 11.3 Å². The van der Waals surface area contributed by atoms with Crippen molar-refractivity contribution in [1.82, 2.24) is 9.97 Å². The Kier molecular flexibility index (Phi) is 4.43. The van der Waals surface area contributed by atoms with Gasteiger partial charge in [-0.05, 0) is 33.6 Å². The van der Waals surface area contributed by atoms with Gasteiger partial charge in [0, 0.05) is 6.42 Å². The van der Waals surface area contributed by atoms with Gasteiger partial charge in [0.25, 0.3) is 0 Å². The second-order valence-electron chi connectivity index (χ2n) is 3.56. The lowest BCUT2D eigenvalue weighted by molar-refractivity contribution is 0.414. The molecule has 18 heavy (non-hydrogen) atoms. The first-order chi connectivity index (χ1) is 8.60. The van der Waals surface area contributed by atoms with Crippen LogP contribution in [0.5, 0.6) is 5.75 Å². The number of methoxy groups -OCH3 is 1. The van der Waals surface area contributed by atoms with Crippen molar-refractivity contribution in [3.63, 3.8) is 0 Å². The summed E-state index contributed by atoms with van der Waals surface area (Å²) in [6.45, 7) is 0. The Morgan fingerprint density at radius 3 is 2.17 bits per heavy atom. The van der Waals surface area contributed by atoms with Gasteiger partial charge in [0.05, 0.1) is 11.6 Å². The SMILES string of the molecule is COc1ccc(Cc2nc(Cl)c(Br)c(Cl)n2)cc1. The average molecular weight is 348 g/mol. The summed E-state index contributed by atoms with van der Waals surface area (Å²) in [7, 11) is 1.63. The number of hydrogen-bond acceptors (Lipinski definition) is 3. The fraction of sp³-hybridized carbons (Fsp3) is 0.167. The first kappa shape index (κ1) is 13.6. The zero-order valence-electron chi connectivity index (χ0n) is 9.45. The fourth-order valence-electron chi connectivity index (χ4n) is 1.44. The highest BCUT2D eigenvalue weighted by Gasteiger charge is 2.09. The summed E-state index contributed by atoms with van der Waals surface area (Å²) >= 11 is 15.1. The molecular weight excluding hydrogens is 339 g/mol. The largest absolute Gasteiger partial charge is 0.497 e. The van der Waals surface area contributed by atoms with Crippen LogP contribution in [-0.4, -0.2) is 17.1 Å². The standard InChI is InChI=1S/C12H9BrCl2N2O/c1-18-8-4-2-7(3-5-8)6-9-16-11(14)10(13)12(15)17-9/h2-5H,6H2,1H3. The van der Waals surface area contributed by atoms with Gasteiger partial charge < -0.3 is 4.74 Å². The van der Waals surface area contributed by atoms with Crippen molar-refractivity contribution in [3.05, 3.63) is 50.4 Å². The number of benzene rings is 1. The molecule has 6 heteroatoms. The maximum Gasteiger partial charge on any atom is 0.148 e. The Hall–Kier alpha value is -0.840. The average Bonchev–Trinajstić information content (AvgIpc) is 2.37. The molecule has 0 aliphatic heterocycles. The summed E-state index contributed by atoms with van der Waals surface area (Å²) < 4.78 is 5.61. The first-order valence-corrected chi connectivity index (χ1v) is 6.65. The van der Waals surface area contributed by atoms with Crippen LogP contribution >= 0.6 is 39.1 Å². The first-order valence-electron chi connectivity index (χ1n) is 5.10. The monoisotopic (exact) mass is 346 g/mol. The van der Waals surface area contributed by atoms with Gasteiger partial charge >= 0.3 is 0 Å². The van der Waals surface area contributed by atoms with Crippen LogP contribution in [0.3, 0.4) is 0 Å². The van der Waals surface area contributed by atoms with Crippen LogP contribution in [0.4, 0.5) is 0 Å². The molecule has 2 aromatic rings. The number of hydrogen-bond donors (Lipinski definition) is 0. The third-order valence-corrected chi connectivity index (χ3v) is 4.09. The summed E-state index contributed by atoms with van der Waals surface area (Å²) in [5.74, 6) is 1.39. The molecule has 0 saturated carbocycles. The third-order valence-electron chi connectivity index (χ3n) is 2.34. The second kappa shape index (κ2) is 5.87. The topological polar surface area (TPSA) is 35.0 Å². The highest BCUT2D eigenvalue weighted by Crippen LogP contribution is 2.27. The van der Waals surface area contributed by atoms with Crippen LogP contribution in [0, 0.1) is 0 Å². The molecule has 0 amide bonds. The van der Waals surface area contributed by atoms with Gasteiger partial charge in [-0.3, -0.25) is 0 Å². The zero-order chi connectivity index (χ0) is 13.1. The van der Waals surface area contributed by atoms with E-state index in [1.165, 1.54) is 0 Å². The van der Waals surface area contributed by atoms with Crippen molar-refractivity contribution in [3.8, 4) is 5.75 Å². The molecule has 1 aromatic carbocycles. The highest BCUT2D eigenvalue weighted by atomic mass is 79.9. The van der Waals surface area contributed by atoms with E-state index >= 15 is 0 Å². The maximum absolute atomic E-state index is 5.93. The summed E-state index contributed by atoms with van der Waals surface area (Å²) in [6.07, 6.45) is 0.566. The van der Waals surface area contributed by atoms with Crippen molar-refractivity contribution in [2.75, 3.05) is 7.11 Å². The molecule has 94 valence electrons. The van der Waals surface area contributed by atoms with Crippen molar-refractivity contribution < 1.29 is 4.74 Å². The minimum atomic E-state index is 0.318. The zero-order valence-corrected chi connectivity index (χ0v) is 12.6. The molecule has 2 rings (SSSR count). The second-order valence-corrected chi connectivity index (χ2v) is 5.07. The molecule has 1 aromatic heterocycles. The van der Waals surface area contributed by atoms with E-state index in [1.807, 2.05) is 24.3 Å². The molecule has 3 nitrogen and oxygen atoms in total. The molecule has 0 bridgehead atoms. The van der Waals surface area contributed by atoms with Gasteiger partial charge in [0.15, 0.2) is 0 Å². The molecule has 0 unspecified atom stereocenters. The van der Waals surface area contributed by atoms with Gasteiger partial charge in [-0.2, -0.15) is 0 Å². The summed E-state index contributed by atoms with van der Waals surface area (Å²) in [5, 5.41) is 0.636. The molecule has 0 saturated heterocycles. The minimum absolute atomic E-state index is 0.318. The summed E-state index contributed by atoms with van der Waals surface area (Å²) in [6, 6.07) is 7.67. The van der Waals surface area contributed by atoms with Gasteiger partial charge in [-0.15, -0.1) is 0 Å². The van der Waals surface area contributed by atoms with E-state index in [-0.39, 0.29) is 0 Å². The van der Waals surface area contributed by atoms with Crippen LogP contribution in [0.25, 0.3) is 0 Å². The summed E-state index contributed by atoms with van der Waals surface area (Å²) in [4.78, 5) is 8.33. The predicted molar refractivity (Wildman–Crippen MR) is 75.6 cm³/mol. The van der Waals surface area contributed by atoms with Gasteiger partial charge in [-0.1, -0.05) is 35.3 Å². The summed E-state index contributed by atoms with van der Waals surface area (Å²) in [5.41, 5.74) is 1.06. The molecule has 1 heterocycles. The molecule has 0 spiro atoms. The van der Waals surface area contributed by atoms with E-state index in [4.69, 9.17) is 27.9 Å². The van der Waals surface area contributed by atoms with Crippen LogP contribution in [0.2, 0.25) is 10.3 Å². The smallest absolute Gasteiger partial charge is 0.148 e. The Bertz CT molecular complexity index is 537. The Morgan fingerprint density at radius 2 is 1.67 bits per heavy atom. The van der Waals surface area contributed by atoms with Crippen LogP contribution in [0.1, 0.15) is 11.4 Å². The molecule has 0 aliphatic carbocycles. The van der Waals surface area contributed by atoms with Crippen LogP contribution < -0.4 is 4.74 Å². The number of ether oxygens (including phenoxy) is 1. The van der Waals surface area contributed by atoms with E-state index < -0.39 is 0 Å². The van der Waals surface area contributed by atoms with E-state index in [2.05, 4.69) is 25.9 Å². The normalized spacial score (nSPS) is 10.4. The maximum atomic E-state index is 5.93. The van der Waals surface area contributed by atoms with Crippen molar-refractivity contribution in [1.29, 1.82) is 0 Å². The number of halogens is 3. The van der Waals surface area contributed by atoms with Crippen molar-refractivity contribution >= 4 is 39.1 Å². The quantitative estimate of drug-likeness (QED) is 0.782. The molecule has 0 radical (unpaired) electrons. The van der Waals surface area contributed by atoms with E-state index in [0.29, 0.717) is 27.0 Å². The van der Waals surface area contributed by atoms with E-state index in [1.54, 1.807) is 7.11 Å². The van der Waals surface area contributed by atoms with Gasteiger partial charge in [-0.25, -0.2) is 9.97 Å². The fourth-order valence-corrected chi connectivity index (χ4v) is 2.04. The van der Waals surface area contributed by atoms with Gasteiger partial charge in [0.1, 0.15) is 21.9 Å². The minimum Gasteiger partial charge on any atom is -0.497 e. The molecule has 0 N–H and O–H groups in total. The predicted octanol–water partition coefficient (Wildman–Crippen LogP) is 4.15. The number of nitrogens with zero attached hydrogens (tertiary/aromatic N) is 2. The number of aromatic nitrogens is 2. The highest BCUT2D eigenvalue weighted by molar-refractivity contribution is 9.10. The Labute approximate surface area is 123 Å². The van der Waals surface area contributed by atoms with E-state index in [9.17, 15) is 0 Å². The Morgan fingerprint density at radius 1 is 1.11 bits per heavy atom. The van der Waals surface area contributed by atoms with Gasteiger partial charge in [0.2, 0.25) is 0 Å². The Balaban J connectivity index is 2.23. The van der Waals surface area contributed by atoms with Crippen molar-refractivity contribution in [2.45, 2.75) is 6.42 Å².